The average Bonchev–Trinajstić information content (AvgIpc) is 2.97. The van der Waals surface area contributed by atoms with Gasteiger partial charge in [0.25, 0.3) is 5.91 Å². The van der Waals surface area contributed by atoms with E-state index in [1.807, 2.05) is 24.3 Å². The van der Waals surface area contributed by atoms with E-state index in [1.165, 1.54) is 0 Å². The van der Waals surface area contributed by atoms with Gasteiger partial charge in [-0.25, -0.2) is 0 Å². The Morgan fingerprint density at radius 1 is 1.40 bits per heavy atom. The number of para-hydroxylation sites is 1. The van der Waals surface area contributed by atoms with E-state index in [4.69, 9.17) is 4.74 Å². The number of hydrogen-bond acceptors (Lipinski definition) is 3. The van der Waals surface area contributed by atoms with Crippen LogP contribution < -0.4 is 10.1 Å². The summed E-state index contributed by atoms with van der Waals surface area (Å²) in [6.07, 6.45) is 5.85. The smallest absolute Gasteiger partial charge is 0.262 e. The molecule has 1 fully saturated rings. The molecule has 0 heterocycles. The Morgan fingerprint density at radius 2 is 2.10 bits per heavy atom. The second kappa shape index (κ2) is 6.76. The fourth-order valence-electron chi connectivity index (χ4n) is 2.42. The molecule has 0 bridgehead atoms. The van der Waals surface area contributed by atoms with Crippen molar-refractivity contribution in [3.8, 4) is 11.8 Å². The summed E-state index contributed by atoms with van der Waals surface area (Å²) in [5, 5.41) is 12.1. The van der Waals surface area contributed by atoms with Gasteiger partial charge >= 0.3 is 0 Å². The van der Waals surface area contributed by atoms with E-state index in [1.54, 1.807) is 19.3 Å². The van der Waals surface area contributed by atoms with Gasteiger partial charge in [0.15, 0.2) is 0 Å². The summed E-state index contributed by atoms with van der Waals surface area (Å²) in [4.78, 5) is 12.1. The lowest BCUT2D eigenvalue weighted by Gasteiger charge is -2.11. The number of amides is 1. The van der Waals surface area contributed by atoms with Crippen molar-refractivity contribution in [1.82, 2.24) is 5.32 Å². The molecule has 0 spiro atoms. The zero-order chi connectivity index (χ0) is 14.4. The van der Waals surface area contributed by atoms with Crippen LogP contribution in [0.5, 0.6) is 5.75 Å². The summed E-state index contributed by atoms with van der Waals surface area (Å²) in [6, 6.07) is 9.49. The summed E-state index contributed by atoms with van der Waals surface area (Å²) in [5.41, 5.74) is 0.842. The van der Waals surface area contributed by atoms with Crippen LogP contribution in [0.2, 0.25) is 0 Å². The number of nitrogens with one attached hydrogen (secondary N) is 1. The minimum Gasteiger partial charge on any atom is -0.496 e. The molecule has 20 heavy (non-hydrogen) atoms. The fraction of sp³-hybridized carbons (Fsp3) is 0.375. The Kier molecular flexibility index (Phi) is 4.78. The lowest BCUT2D eigenvalue weighted by Crippen LogP contribution is -2.33. The quantitative estimate of drug-likeness (QED) is 0.676. The second-order valence-electron chi connectivity index (χ2n) is 4.87. The maximum atomic E-state index is 12.1. The second-order valence-corrected chi connectivity index (χ2v) is 4.87. The molecule has 0 aliphatic heterocycles. The number of ether oxygens (including phenoxy) is 1. The largest absolute Gasteiger partial charge is 0.496 e. The maximum Gasteiger partial charge on any atom is 0.262 e. The Labute approximate surface area is 119 Å². The molecule has 1 saturated carbocycles. The number of carbonyl (C=O) groups excluding carboxylic acids is 1. The van der Waals surface area contributed by atoms with Crippen molar-refractivity contribution in [1.29, 1.82) is 5.26 Å². The Hall–Kier alpha value is -2.28. The third kappa shape index (κ3) is 3.39. The van der Waals surface area contributed by atoms with Gasteiger partial charge in [0.2, 0.25) is 0 Å². The zero-order valence-corrected chi connectivity index (χ0v) is 11.6. The number of methoxy groups -OCH3 is 1. The molecule has 1 N–H and O–H groups in total. The van der Waals surface area contributed by atoms with Gasteiger partial charge in [-0.05, 0) is 25.0 Å². The van der Waals surface area contributed by atoms with Gasteiger partial charge in [-0.3, -0.25) is 4.79 Å². The minimum absolute atomic E-state index is 0.112. The van der Waals surface area contributed by atoms with E-state index >= 15 is 0 Å². The highest BCUT2D eigenvalue weighted by molar-refractivity contribution is 6.02. The third-order valence-corrected chi connectivity index (χ3v) is 3.49. The molecule has 0 aromatic heterocycles. The van der Waals surface area contributed by atoms with Gasteiger partial charge in [0, 0.05) is 11.6 Å². The highest BCUT2D eigenvalue weighted by atomic mass is 16.5. The molecule has 4 nitrogen and oxygen atoms in total. The lowest BCUT2D eigenvalue weighted by atomic mass is 10.1. The topological polar surface area (TPSA) is 62.1 Å². The molecule has 0 unspecified atom stereocenters. The SMILES string of the molecule is COc1ccccc1/C=C(\C#N)C(=O)NC1CCCC1. The summed E-state index contributed by atoms with van der Waals surface area (Å²) >= 11 is 0. The molecule has 1 aliphatic rings. The molecule has 1 aromatic carbocycles. The lowest BCUT2D eigenvalue weighted by molar-refractivity contribution is -0.117. The van der Waals surface area contributed by atoms with Crippen molar-refractivity contribution < 1.29 is 9.53 Å². The number of benzene rings is 1. The van der Waals surface area contributed by atoms with Crippen LogP contribution in [-0.4, -0.2) is 19.1 Å². The molecule has 1 amide bonds. The van der Waals surface area contributed by atoms with Gasteiger partial charge < -0.3 is 10.1 Å². The predicted molar refractivity (Wildman–Crippen MR) is 77.0 cm³/mol. The van der Waals surface area contributed by atoms with Crippen LogP contribution >= 0.6 is 0 Å². The molecule has 2 rings (SSSR count). The van der Waals surface area contributed by atoms with Crippen molar-refractivity contribution in [2.45, 2.75) is 31.7 Å². The number of carbonyl (C=O) groups is 1. The average molecular weight is 270 g/mol. The zero-order valence-electron chi connectivity index (χ0n) is 11.6. The van der Waals surface area contributed by atoms with Crippen molar-refractivity contribution >= 4 is 12.0 Å². The first-order valence-electron chi connectivity index (χ1n) is 6.80. The van der Waals surface area contributed by atoms with Crippen LogP contribution in [0.15, 0.2) is 29.8 Å². The Bertz CT molecular complexity index is 552. The van der Waals surface area contributed by atoms with E-state index in [2.05, 4.69) is 5.32 Å². The van der Waals surface area contributed by atoms with E-state index in [-0.39, 0.29) is 17.5 Å². The fourth-order valence-corrected chi connectivity index (χ4v) is 2.42. The highest BCUT2D eigenvalue weighted by Gasteiger charge is 2.19. The summed E-state index contributed by atoms with van der Waals surface area (Å²) in [5.74, 6) is 0.347. The first-order valence-corrected chi connectivity index (χ1v) is 6.80. The molecule has 0 radical (unpaired) electrons. The van der Waals surface area contributed by atoms with Gasteiger partial charge in [-0.2, -0.15) is 5.26 Å². The van der Waals surface area contributed by atoms with Crippen molar-refractivity contribution in [2.24, 2.45) is 0 Å². The highest BCUT2D eigenvalue weighted by Crippen LogP contribution is 2.21. The number of nitriles is 1. The predicted octanol–water partition coefficient (Wildman–Crippen LogP) is 2.66. The number of hydrogen-bond donors (Lipinski definition) is 1. The van der Waals surface area contributed by atoms with Gasteiger partial charge in [-0.15, -0.1) is 0 Å². The van der Waals surface area contributed by atoms with Crippen LogP contribution in [0.25, 0.3) is 6.08 Å². The van der Waals surface area contributed by atoms with Crippen molar-refractivity contribution in [3.05, 3.63) is 35.4 Å². The van der Waals surface area contributed by atoms with E-state index in [0.717, 1.165) is 31.2 Å². The molecule has 1 aromatic rings. The standard InChI is InChI=1S/C16H18N2O2/c1-20-15-9-5-2-6-12(15)10-13(11-17)16(19)18-14-7-3-4-8-14/h2,5-6,9-10,14H,3-4,7-8H2,1H3,(H,18,19)/b13-10+. The van der Waals surface area contributed by atoms with Crippen LogP contribution in [0.3, 0.4) is 0 Å². The minimum atomic E-state index is -0.301. The first-order chi connectivity index (χ1) is 9.74. The van der Waals surface area contributed by atoms with E-state index in [9.17, 15) is 10.1 Å². The van der Waals surface area contributed by atoms with Gasteiger partial charge in [0.05, 0.1) is 7.11 Å². The molecular weight excluding hydrogens is 252 g/mol. The molecule has 1 aliphatic carbocycles. The first kappa shape index (κ1) is 14.1. The molecule has 4 heteroatoms. The Balaban J connectivity index is 2.16. The van der Waals surface area contributed by atoms with Gasteiger partial charge in [-0.1, -0.05) is 31.0 Å². The summed E-state index contributed by atoms with van der Waals surface area (Å²) < 4.78 is 5.22. The molecular formula is C16H18N2O2. The summed E-state index contributed by atoms with van der Waals surface area (Å²) in [7, 11) is 1.57. The Morgan fingerprint density at radius 3 is 2.75 bits per heavy atom. The number of rotatable bonds is 4. The van der Waals surface area contributed by atoms with Crippen LogP contribution in [-0.2, 0) is 4.79 Å². The monoisotopic (exact) mass is 270 g/mol. The molecule has 0 atom stereocenters. The third-order valence-electron chi connectivity index (χ3n) is 3.49. The molecule has 104 valence electrons. The van der Waals surface area contributed by atoms with Crippen molar-refractivity contribution in [3.63, 3.8) is 0 Å². The number of nitrogens with zero attached hydrogens (tertiary/aromatic N) is 1. The van der Waals surface area contributed by atoms with Crippen LogP contribution in [0, 0.1) is 11.3 Å². The summed E-state index contributed by atoms with van der Waals surface area (Å²) in [6.45, 7) is 0. The van der Waals surface area contributed by atoms with Crippen LogP contribution in [0.4, 0.5) is 0 Å². The molecule has 0 saturated heterocycles. The van der Waals surface area contributed by atoms with Crippen molar-refractivity contribution in [2.75, 3.05) is 7.11 Å². The van der Waals surface area contributed by atoms with Crippen LogP contribution in [0.1, 0.15) is 31.2 Å². The van der Waals surface area contributed by atoms with Gasteiger partial charge in [0.1, 0.15) is 17.4 Å². The maximum absolute atomic E-state index is 12.1. The van der Waals surface area contributed by atoms with E-state index in [0.29, 0.717) is 5.75 Å². The normalized spacial score (nSPS) is 15.7. The van der Waals surface area contributed by atoms with E-state index < -0.39 is 0 Å².